The largest absolute Gasteiger partial charge is 0.365 e. The summed E-state index contributed by atoms with van der Waals surface area (Å²) in [6.07, 6.45) is 0.829. The van der Waals surface area contributed by atoms with Gasteiger partial charge in [0.2, 0.25) is 5.91 Å². The van der Waals surface area contributed by atoms with Crippen molar-refractivity contribution < 1.29 is 14.4 Å². The van der Waals surface area contributed by atoms with Gasteiger partial charge in [0.15, 0.2) is 0 Å². The van der Waals surface area contributed by atoms with Crippen LogP contribution in [0.3, 0.4) is 0 Å². The van der Waals surface area contributed by atoms with Gasteiger partial charge in [-0.2, -0.15) is 0 Å². The van der Waals surface area contributed by atoms with Gasteiger partial charge >= 0.3 is 0 Å². The smallest absolute Gasteiger partial charge is 0.266 e. The molecule has 0 bridgehead atoms. The number of rotatable bonds is 2. The first-order chi connectivity index (χ1) is 11.0. The summed E-state index contributed by atoms with van der Waals surface area (Å²) in [6, 6.07) is 4.97. The molecule has 2 aliphatic heterocycles. The number of amides is 3. The second kappa shape index (κ2) is 5.66. The molecule has 3 amide bonds. The quantitative estimate of drug-likeness (QED) is 0.479. The van der Waals surface area contributed by atoms with Gasteiger partial charge in [-0.1, -0.05) is 19.1 Å². The van der Waals surface area contributed by atoms with Crippen LogP contribution < -0.4 is 11.2 Å². The van der Waals surface area contributed by atoms with E-state index in [2.05, 4.69) is 5.32 Å². The van der Waals surface area contributed by atoms with E-state index in [1.165, 1.54) is 4.90 Å². The van der Waals surface area contributed by atoms with Crippen molar-refractivity contribution in [3.05, 3.63) is 29.3 Å². The molecule has 7 nitrogen and oxygen atoms in total. The Morgan fingerprint density at radius 1 is 1.30 bits per heavy atom. The van der Waals surface area contributed by atoms with Gasteiger partial charge in [-0.15, -0.1) is 0 Å². The molecule has 2 atom stereocenters. The molecule has 1 saturated heterocycles. The summed E-state index contributed by atoms with van der Waals surface area (Å²) >= 11 is 0. The topological polar surface area (TPSA) is 95.7 Å². The zero-order valence-electron chi connectivity index (χ0n) is 13.2. The first-order valence-corrected chi connectivity index (χ1v) is 7.78. The molecule has 0 radical (unpaired) electrons. The van der Waals surface area contributed by atoms with Crippen molar-refractivity contribution in [1.82, 2.24) is 9.91 Å². The van der Waals surface area contributed by atoms with Crippen molar-refractivity contribution in [3.63, 3.8) is 0 Å². The van der Waals surface area contributed by atoms with Crippen LogP contribution in [0, 0.1) is 0 Å². The third-order valence-corrected chi connectivity index (χ3v) is 4.52. The van der Waals surface area contributed by atoms with Crippen LogP contribution in [0.15, 0.2) is 18.2 Å². The fourth-order valence-corrected chi connectivity index (χ4v) is 3.32. The number of hydrogen-bond donors (Lipinski definition) is 2. The molecule has 0 spiro atoms. The molecule has 1 aromatic rings. The van der Waals surface area contributed by atoms with E-state index in [1.54, 1.807) is 0 Å². The second-order valence-corrected chi connectivity index (χ2v) is 5.88. The molecule has 1 aromatic carbocycles. The van der Waals surface area contributed by atoms with E-state index in [4.69, 9.17) is 5.84 Å². The summed E-state index contributed by atoms with van der Waals surface area (Å²) in [4.78, 5) is 38.4. The fourth-order valence-electron chi connectivity index (χ4n) is 3.32. The van der Waals surface area contributed by atoms with Crippen LogP contribution in [-0.4, -0.2) is 39.8 Å². The summed E-state index contributed by atoms with van der Waals surface area (Å²) < 4.78 is 0. The predicted molar refractivity (Wildman–Crippen MR) is 84.1 cm³/mol. The third kappa shape index (κ3) is 2.37. The van der Waals surface area contributed by atoms with E-state index >= 15 is 0 Å². The van der Waals surface area contributed by atoms with Gasteiger partial charge < -0.3 is 10.2 Å². The van der Waals surface area contributed by atoms with Crippen LogP contribution in [-0.2, 0) is 16.0 Å². The highest BCUT2D eigenvalue weighted by Crippen LogP contribution is 2.31. The molecule has 23 heavy (non-hydrogen) atoms. The number of carbonyl (C=O) groups excluding carboxylic acids is 3. The number of aryl methyl sites for hydroxylation is 1. The van der Waals surface area contributed by atoms with Gasteiger partial charge in [-0.05, 0) is 31.4 Å². The van der Waals surface area contributed by atoms with E-state index in [1.807, 2.05) is 32.0 Å². The number of nitrogens with one attached hydrogen (secondary N) is 1. The van der Waals surface area contributed by atoms with Gasteiger partial charge in [0.25, 0.3) is 11.8 Å². The molecule has 3 rings (SSSR count). The normalized spacial score (nSPS) is 24.6. The Labute approximate surface area is 134 Å². The standard InChI is InChI=1S/C16H20N4O3/c1-3-10-5-4-6-11-14(10)16(23)19(9(2)18-11)12-7-8-13(21)20(17)15(12)22/h4-6,9,12,18H,3,7-8,17H2,1-2H3. The lowest BCUT2D eigenvalue weighted by Gasteiger charge is -2.43. The fraction of sp³-hybridized carbons (Fsp3) is 0.438. The van der Waals surface area contributed by atoms with Crippen molar-refractivity contribution in [1.29, 1.82) is 0 Å². The summed E-state index contributed by atoms with van der Waals surface area (Å²) in [5.41, 5.74) is 2.31. The lowest BCUT2D eigenvalue weighted by molar-refractivity contribution is -0.153. The Bertz CT molecular complexity index is 688. The molecular formula is C16H20N4O3. The van der Waals surface area contributed by atoms with E-state index < -0.39 is 17.9 Å². The predicted octanol–water partition coefficient (Wildman–Crippen LogP) is 0.854. The molecule has 1 fully saturated rings. The number of nitrogens with zero attached hydrogens (tertiary/aromatic N) is 2. The van der Waals surface area contributed by atoms with Crippen LogP contribution in [0.5, 0.6) is 0 Å². The average Bonchev–Trinajstić information content (AvgIpc) is 2.53. The summed E-state index contributed by atoms with van der Waals surface area (Å²) in [5.74, 6) is 4.41. The Kier molecular flexibility index (Phi) is 3.81. The SMILES string of the molecule is CCc1cccc2c1C(=O)N(C1CCC(=O)N(N)C1=O)C(C)N2. The van der Waals surface area contributed by atoms with Gasteiger partial charge in [0.05, 0.1) is 11.7 Å². The number of anilines is 1. The van der Waals surface area contributed by atoms with E-state index in [0.717, 1.165) is 17.7 Å². The average molecular weight is 316 g/mol. The Hall–Kier alpha value is -2.41. The maximum atomic E-state index is 13.0. The highest BCUT2D eigenvalue weighted by atomic mass is 16.2. The number of piperidine rings is 1. The lowest BCUT2D eigenvalue weighted by atomic mass is 9.96. The molecule has 0 saturated carbocycles. The maximum Gasteiger partial charge on any atom is 0.266 e. The number of hydrogen-bond acceptors (Lipinski definition) is 5. The number of nitrogens with two attached hydrogens (primary N) is 1. The van der Waals surface area contributed by atoms with Crippen molar-refractivity contribution in [2.75, 3.05) is 5.32 Å². The molecule has 0 aliphatic carbocycles. The van der Waals surface area contributed by atoms with Crippen LogP contribution in [0.25, 0.3) is 0 Å². The molecule has 2 heterocycles. The second-order valence-electron chi connectivity index (χ2n) is 5.88. The van der Waals surface area contributed by atoms with E-state index in [0.29, 0.717) is 17.0 Å². The molecule has 3 N–H and O–H groups in total. The van der Waals surface area contributed by atoms with Crippen molar-refractivity contribution in [2.45, 2.75) is 45.3 Å². The first kappa shape index (κ1) is 15.5. The minimum atomic E-state index is -0.717. The van der Waals surface area contributed by atoms with Crippen LogP contribution in [0.2, 0.25) is 0 Å². The van der Waals surface area contributed by atoms with Gasteiger partial charge in [0, 0.05) is 12.1 Å². The van der Waals surface area contributed by atoms with Crippen molar-refractivity contribution in [3.8, 4) is 0 Å². The minimum Gasteiger partial charge on any atom is -0.365 e. The summed E-state index contributed by atoms with van der Waals surface area (Å²) in [7, 11) is 0. The highest BCUT2D eigenvalue weighted by molar-refractivity contribution is 6.07. The number of imide groups is 1. The minimum absolute atomic E-state index is 0.158. The number of carbonyl (C=O) groups is 3. The van der Waals surface area contributed by atoms with Gasteiger partial charge in [-0.3, -0.25) is 14.4 Å². The Morgan fingerprint density at radius 2 is 2.04 bits per heavy atom. The zero-order valence-corrected chi connectivity index (χ0v) is 13.2. The van der Waals surface area contributed by atoms with Crippen LogP contribution in [0.1, 0.15) is 42.6 Å². The molecule has 7 heteroatoms. The lowest BCUT2D eigenvalue weighted by Crippen LogP contribution is -2.62. The maximum absolute atomic E-state index is 13.0. The van der Waals surface area contributed by atoms with E-state index in [-0.39, 0.29) is 18.5 Å². The van der Waals surface area contributed by atoms with Gasteiger partial charge in [-0.25, -0.2) is 10.9 Å². The number of hydrazine groups is 1. The van der Waals surface area contributed by atoms with Crippen LogP contribution in [0.4, 0.5) is 5.69 Å². The first-order valence-electron chi connectivity index (χ1n) is 7.78. The zero-order chi connectivity index (χ0) is 16.7. The molecule has 2 aliphatic rings. The summed E-state index contributed by atoms with van der Waals surface area (Å²) in [5, 5.41) is 3.90. The molecule has 2 unspecified atom stereocenters. The third-order valence-electron chi connectivity index (χ3n) is 4.52. The molecular weight excluding hydrogens is 296 g/mol. The van der Waals surface area contributed by atoms with Crippen molar-refractivity contribution in [2.24, 2.45) is 5.84 Å². The summed E-state index contributed by atoms with van der Waals surface area (Å²) in [6.45, 7) is 3.81. The number of fused-ring (bicyclic) bond motifs is 1. The van der Waals surface area contributed by atoms with Crippen LogP contribution >= 0.6 is 0 Å². The van der Waals surface area contributed by atoms with Crippen molar-refractivity contribution >= 4 is 23.4 Å². The molecule has 0 aromatic heterocycles. The monoisotopic (exact) mass is 316 g/mol. The number of benzene rings is 1. The Morgan fingerprint density at radius 3 is 2.74 bits per heavy atom. The highest BCUT2D eigenvalue weighted by Gasteiger charge is 2.43. The molecule has 122 valence electrons. The van der Waals surface area contributed by atoms with Gasteiger partial charge in [0.1, 0.15) is 6.04 Å². The Balaban J connectivity index is 1.99. The van der Waals surface area contributed by atoms with E-state index in [9.17, 15) is 14.4 Å².